The average molecular weight is 275 g/mol. The normalized spacial score (nSPS) is 16.0. The van der Waals surface area contributed by atoms with Crippen LogP contribution in [0.1, 0.15) is 5.56 Å². The van der Waals surface area contributed by atoms with E-state index in [0.29, 0.717) is 27.8 Å². The van der Waals surface area contributed by atoms with Crippen molar-refractivity contribution in [3.8, 4) is 0 Å². The second kappa shape index (κ2) is 4.70. The van der Waals surface area contributed by atoms with Crippen LogP contribution in [-0.2, 0) is 11.2 Å². The maximum atomic E-state index is 11.4. The van der Waals surface area contributed by atoms with E-state index in [-0.39, 0.29) is 10.9 Å². The third kappa shape index (κ3) is 2.37. The summed E-state index contributed by atoms with van der Waals surface area (Å²) in [6.45, 7) is 0. The Morgan fingerprint density at radius 2 is 2.06 bits per heavy atom. The van der Waals surface area contributed by atoms with Crippen LogP contribution in [0.15, 0.2) is 29.5 Å². The molecule has 0 amide bonds. The summed E-state index contributed by atoms with van der Waals surface area (Å²) in [6, 6.07) is 5.19. The molecule has 0 aromatic heterocycles. The lowest BCUT2D eigenvalue weighted by atomic mass is 10.1. The highest BCUT2D eigenvalue weighted by Crippen LogP contribution is 2.29. The molecule has 1 aliphatic rings. The second-order valence-electron chi connectivity index (χ2n) is 3.43. The van der Waals surface area contributed by atoms with Crippen molar-refractivity contribution in [3.63, 3.8) is 0 Å². The molecular formula is C11H8Cl2O2S. The Balaban J connectivity index is 2.24. The predicted octanol–water partition coefficient (Wildman–Crippen LogP) is 3.62. The molecular weight excluding hydrogens is 267 g/mol. The van der Waals surface area contributed by atoms with E-state index in [0.717, 1.165) is 17.3 Å². The zero-order chi connectivity index (χ0) is 11.7. The number of carbonyl (C=O) groups excluding carboxylic acids is 1. The molecule has 0 bridgehead atoms. The van der Waals surface area contributed by atoms with E-state index >= 15 is 0 Å². The molecule has 1 aromatic carbocycles. The quantitative estimate of drug-likeness (QED) is 0.895. The molecule has 0 saturated carbocycles. The third-order valence-corrected chi connectivity index (χ3v) is 3.97. The zero-order valence-electron chi connectivity index (χ0n) is 8.17. The van der Waals surface area contributed by atoms with Crippen LogP contribution < -0.4 is 0 Å². The van der Waals surface area contributed by atoms with E-state index in [4.69, 9.17) is 23.2 Å². The van der Waals surface area contributed by atoms with Crippen LogP contribution in [0.2, 0.25) is 10.0 Å². The van der Waals surface area contributed by atoms with Crippen molar-refractivity contribution in [2.45, 2.75) is 6.42 Å². The summed E-state index contributed by atoms with van der Waals surface area (Å²) < 4.78 is 0. The minimum absolute atomic E-state index is 0.0661. The summed E-state index contributed by atoms with van der Waals surface area (Å²) >= 11 is 12.8. The van der Waals surface area contributed by atoms with Gasteiger partial charge in [-0.25, -0.2) is 0 Å². The van der Waals surface area contributed by atoms with Gasteiger partial charge in [0.15, 0.2) is 0 Å². The fourth-order valence-electron chi connectivity index (χ4n) is 1.45. The molecule has 5 heteroatoms. The number of hydrogen-bond donors (Lipinski definition) is 1. The second-order valence-corrected chi connectivity index (χ2v) is 5.19. The monoisotopic (exact) mass is 274 g/mol. The van der Waals surface area contributed by atoms with E-state index in [1.165, 1.54) is 0 Å². The first kappa shape index (κ1) is 11.8. The summed E-state index contributed by atoms with van der Waals surface area (Å²) in [5, 5.41) is 10.4. The van der Waals surface area contributed by atoms with Crippen LogP contribution in [0, 0.1) is 0 Å². The fourth-order valence-corrected chi connectivity index (χ4v) is 2.58. The van der Waals surface area contributed by atoms with Crippen molar-refractivity contribution in [2.24, 2.45) is 0 Å². The summed E-state index contributed by atoms with van der Waals surface area (Å²) in [5.74, 6) is 0.538. The standard InChI is InChI=1S/C11H8Cl2O2S/c12-8-2-1-6(4-9(8)13)3-7-10(14)5-16-11(7)15/h1-2,4,14H,3,5H2. The van der Waals surface area contributed by atoms with Gasteiger partial charge in [-0.05, 0) is 17.7 Å². The third-order valence-electron chi connectivity index (χ3n) is 2.30. The molecule has 84 valence electrons. The summed E-state index contributed by atoms with van der Waals surface area (Å²) in [4.78, 5) is 11.4. The van der Waals surface area contributed by atoms with Crippen molar-refractivity contribution in [1.82, 2.24) is 0 Å². The summed E-state index contributed by atoms with van der Waals surface area (Å²) in [7, 11) is 0. The van der Waals surface area contributed by atoms with E-state index in [9.17, 15) is 9.90 Å². The largest absolute Gasteiger partial charge is 0.511 e. The van der Waals surface area contributed by atoms with Crippen LogP contribution in [-0.4, -0.2) is 16.0 Å². The Hall–Kier alpha value is -0.640. The molecule has 1 heterocycles. The highest BCUT2D eigenvalue weighted by molar-refractivity contribution is 8.14. The molecule has 16 heavy (non-hydrogen) atoms. The maximum Gasteiger partial charge on any atom is 0.219 e. The lowest BCUT2D eigenvalue weighted by Crippen LogP contribution is -1.99. The molecule has 1 aromatic rings. The number of aliphatic hydroxyl groups excluding tert-OH is 1. The minimum atomic E-state index is -0.0661. The van der Waals surface area contributed by atoms with Crippen molar-refractivity contribution in [1.29, 1.82) is 0 Å². The summed E-state index contributed by atoms with van der Waals surface area (Å²) in [5.41, 5.74) is 1.33. The van der Waals surface area contributed by atoms with Crippen LogP contribution in [0.3, 0.4) is 0 Å². The van der Waals surface area contributed by atoms with E-state index in [1.807, 2.05) is 0 Å². The van der Waals surface area contributed by atoms with Gasteiger partial charge in [0.25, 0.3) is 0 Å². The van der Waals surface area contributed by atoms with Crippen molar-refractivity contribution >= 4 is 40.1 Å². The van der Waals surface area contributed by atoms with Gasteiger partial charge in [-0.3, -0.25) is 4.79 Å². The van der Waals surface area contributed by atoms with Crippen LogP contribution in [0.25, 0.3) is 0 Å². The number of rotatable bonds is 2. The Kier molecular flexibility index (Phi) is 3.47. The smallest absolute Gasteiger partial charge is 0.219 e. The van der Waals surface area contributed by atoms with Crippen LogP contribution in [0.5, 0.6) is 0 Å². The molecule has 0 spiro atoms. The van der Waals surface area contributed by atoms with Gasteiger partial charge in [-0.1, -0.05) is 41.0 Å². The van der Waals surface area contributed by atoms with Crippen LogP contribution >= 0.6 is 35.0 Å². The van der Waals surface area contributed by atoms with Gasteiger partial charge in [0.1, 0.15) is 5.76 Å². The molecule has 0 atom stereocenters. The van der Waals surface area contributed by atoms with Gasteiger partial charge in [0, 0.05) is 12.0 Å². The highest BCUT2D eigenvalue weighted by atomic mass is 35.5. The van der Waals surface area contributed by atoms with Gasteiger partial charge in [0.05, 0.1) is 15.8 Å². The van der Waals surface area contributed by atoms with E-state index in [1.54, 1.807) is 18.2 Å². The molecule has 2 rings (SSSR count). The van der Waals surface area contributed by atoms with Gasteiger partial charge in [0.2, 0.25) is 5.12 Å². The van der Waals surface area contributed by atoms with E-state index in [2.05, 4.69) is 0 Å². The molecule has 0 aliphatic carbocycles. The van der Waals surface area contributed by atoms with Gasteiger partial charge in [-0.2, -0.15) is 0 Å². The number of carbonyl (C=O) groups is 1. The first-order valence-electron chi connectivity index (χ1n) is 4.60. The lowest BCUT2D eigenvalue weighted by molar-refractivity contribution is -0.107. The van der Waals surface area contributed by atoms with E-state index < -0.39 is 0 Å². The number of benzene rings is 1. The van der Waals surface area contributed by atoms with Gasteiger partial charge >= 0.3 is 0 Å². The number of thioether (sulfide) groups is 1. The SMILES string of the molecule is O=C1SCC(O)=C1Cc1ccc(Cl)c(Cl)c1. The van der Waals surface area contributed by atoms with Crippen LogP contribution in [0.4, 0.5) is 0 Å². The van der Waals surface area contributed by atoms with Crippen molar-refractivity contribution in [3.05, 3.63) is 45.1 Å². The molecule has 0 saturated heterocycles. The number of aliphatic hydroxyl groups is 1. The minimum Gasteiger partial charge on any atom is -0.511 e. The number of halogens is 2. The van der Waals surface area contributed by atoms with Gasteiger partial charge < -0.3 is 5.11 Å². The van der Waals surface area contributed by atoms with Crippen molar-refractivity contribution in [2.75, 3.05) is 5.75 Å². The average Bonchev–Trinajstić information content (AvgIpc) is 2.55. The Morgan fingerprint density at radius 1 is 1.31 bits per heavy atom. The lowest BCUT2D eigenvalue weighted by Gasteiger charge is -2.03. The first-order valence-corrected chi connectivity index (χ1v) is 6.34. The maximum absolute atomic E-state index is 11.4. The molecule has 0 unspecified atom stereocenters. The number of hydrogen-bond acceptors (Lipinski definition) is 3. The predicted molar refractivity (Wildman–Crippen MR) is 67.3 cm³/mol. The Labute approximate surface area is 107 Å². The Bertz CT molecular complexity index is 483. The van der Waals surface area contributed by atoms with Crippen molar-refractivity contribution < 1.29 is 9.90 Å². The zero-order valence-corrected chi connectivity index (χ0v) is 10.5. The molecule has 1 N–H and O–H groups in total. The topological polar surface area (TPSA) is 37.3 Å². The molecule has 0 fully saturated rings. The molecule has 0 radical (unpaired) electrons. The first-order chi connectivity index (χ1) is 7.58. The van der Waals surface area contributed by atoms with Gasteiger partial charge in [-0.15, -0.1) is 0 Å². The summed E-state index contributed by atoms with van der Waals surface area (Å²) in [6.07, 6.45) is 0.397. The molecule has 1 aliphatic heterocycles. The fraction of sp³-hybridized carbons (Fsp3) is 0.182. The molecule has 2 nitrogen and oxygen atoms in total. The highest BCUT2D eigenvalue weighted by Gasteiger charge is 2.23. The Morgan fingerprint density at radius 3 is 2.62 bits per heavy atom.